The predicted octanol–water partition coefficient (Wildman–Crippen LogP) is 4.30. The summed E-state index contributed by atoms with van der Waals surface area (Å²) in [5.41, 5.74) is 2.14. The van der Waals surface area contributed by atoms with Crippen LogP contribution in [0.2, 0.25) is 0 Å². The van der Waals surface area contributed by atoms with Gasteiger partial charge in [-0.3, -0.25) is 0 Å². The van der Waals surface area contributed by atoms with Gasteiger partial charge >= 0.3 is 5.97 Å². The van der Waals surface area contributed by atoms with Crippen molar-refractivity contribution in [3.05, 3.63) is 59.0 Å². The van der Waals surface area contributed by atoms with E-state index in [0.29, 0.717) is 10.4 Å². The second kappa shape index (κ2) is 5.88. The molecule has 0 unspecified atom stereocenters. The summed E-state index contributed by atoms with van der Waals surface area (Å²) >= 11 is 1.39. The van der Waals surface area contributed by atoms with E-state index in [1.807, 2.05) is 36.4 Å². The lowest BCUT2D eigenvalue weighted by molar-refractivity contribution is 0.0607. The largest absolute Gasteiger partial charge is 0.465 e. The molecule has 0 fully saturated rings. The second-order valence-electron chi connectivity index (χ2n) is 4.61. The van der Waals surface area contributed by atoms with Crippen LogP contribution in [0.1, 0.15) is 15.2 Å². The molecular formula is C17H12N2O2S. The number of carbonyl (C=O) groups excluding carboxylic acids is 1. The molecule has 0 atom stereocenters. The first-order valence-electron chi connectivity index (χ1n) is 6.60. The summed E-state index contributed by atoms with van der Waals surface area (Å²) in [5.74, 6) is -0.364. The van der Waals surface area contributed by atoms with Crippen LogP contribution in [-0.4, -0.2) is 13.1 Å². The molecule has 0 aliphatic heterocycles. The molecule has 4 nitrogen and oxygen atoms in total. The number of benzene rings is 2. The SMILES string of the molecule is COC(=O)c1sc2ccccc2c1Nc1ccc(C#N)cc1. The first-order valence-corrected chi connectivity index (χ1v) is 7.41. The number of anilines is 2. The summed E-state index contributed by atoms with van der Waals surface area (Å²) < 4.78 is 5.88. The van der Waals surface area contributed by atoms with E-state index in [4.69, 9.17) is 10.00 Å². The van der Waals surface area contributed by atoms with Crippen molar-refractivity contribution in [1.29, 1.82) is 5.26 Å². The maximum atomic E-state index is 12.0. The van der Waals surface area contributed by atoms with Gasteiger partial charge < -0.3 is 10.1 Å². The van der Waals surface area contributed by atoms with Crippen molar-refractivity contribution in [2.75, 3.05) is 12.4 Å². The molecule has 0 aliphatic carbocycles. The van der Waals surface area contributed by atoms with Gasteiger partial charge in [0.1, 0.15) is 4.88 Å². The van der Waals surface area contributed by atoms with Crippen molar-refractivity contribution in [2.45, 2.75) is 0 Å². The normalized spacial score (nSPS) is 10.2. The molecule has 2 aromatic carbocycles. The maximum absolute atomic E-state index is 12.0. The number of hydrogen-bond donors (Lipinski definition) is 1. The van der Waals surface area contributed by atoms with Crippen LogP contribution in [0.25, 0.3) is 10.1 Å². The standard InChI is InChI=1S/C17H12N2O2S/c1-21-17(20)16-15(13-4-2-3-5-14(13)22-16)19-12-8-6-11(10-18)7-9-12/h2-9,19H,1H3. The Morgan fingerprint density at radius 3 is 2.59 bits per heavy atom. The molecule has 0 radical (unpaired) electrons. The number of esters is 1. The third kappa shape index (κ3) is 2.52. The Balaban J connectivity index is 2.07. The van der Waals surface area contributed by atoms with E-state index in [0.717, 1.165) is 21.5 Å². The molecule has 1 N–H and O–H groups in total. The van der Waals surface area contributed by atoms with Crippen molar-refractivity contribution < 1.29 is 9.53 Å². The van der Waals surface area contributed by atoms with Crippen LogP contribution in [0.3, 0.4) is 0 Å². The van der Waals surface area contributed by atoms with Gasteiger partial charge in [0.05, 0.1) is 24.4 Å². The summed E-state index contributed by atoms with van der Waals surface area (Å²) in [4.78, 5) is 12.5. The zero-order valence-corrected chi connectivity index (χ0v) is 12.6. The summed E-state index contributed by atoms with van der Waals surface area (Å²) in [6.45, 7) is 0. The molecule has 3 rings (SSSR count). The number of thiophene rings is 1. The zero-order chi connectivity index (χ0) is 15.5. The molecule has 1 heterocycles. The fourth-order valence-corrected chi connectivity index (χ4v) is 3.25. The zero-order valence-electron chi connectivity index (χ0n) is 11.8. The van der Waals surface area contributed by atoms with Crippen LogP contribution in [0, 0.1) is 11.3 Å². The lowest BCUT2D eigenvalue weighted by Gasteiger charge is -2.07. The van der Waals surface area contributed by atoms with Crippen LogP contribution >= 0.6 is 11.3 Å². The second-order valence-corrected chi connectivity index (χ2v) is 5.66. The highest BCUT2D eigenvalue weighted by Gasteiger charge is 2.18. The van der Waals surface area contributed by atoms with Gasteiger partial charge in [0.15, 0.2) is 0 Å². The van der Waals surface area contributed by atoms with E-state index in [1.54, 1.807) is 12.1 Å². The van der Waals surface area contributed by atoms with Gasteiger partial charge in [0.25, 0.3) is 0 Å². The minimum atomic E-state index is -0.364. The van der Waals surface area contributed by atoms with Crippen molar-refractivity contribution >= 4 is 38.8 Å². The maximum Gasteiger partial charge on any atom is 0.350 e. The first kappa shape index (κ1) is 14.1. The van der Waals surface area contributed by atoms with Crippen molar-refractivity contribution in [3.63, 3.8) is 0 Å². The minimum absolute atomic E-state index is 0.364. The van der Waals surface area contributed by atoms with Gasteiger partial charge in [0, 0.05) is 15.8 Å². The molecule has 3 aromatic rings. The average molecular weight is 308 g/mol. The third-order valence-electron chi connectivity index (χ3n) is 3.25. The van der Waals surface area contributed by atoms with Gasteiger partial charge in [-0.15, -0.1) is 11.3 Å². The quantitative estimate of drug-likeness (QED) is 0.733. The van der Waals surface area contributed by atoms with Crippen molar-refractivity contribution in [2.24, 2.45) is 0 Å². The van der Waals surface area contributed by atoms with Crippen LogP contribution in [0.5, 0.6) is 0 Å². The third-order valence-corrected chi connectivity index (χ3v) is 4.40. The van der Waals surface area contributed by atoms with E-state index < -0.39 is 0 Å². The Hall–Kier alpha value is -2.84. The van der Waals surface area contributed by atoms with E-state index >= 15 is 0 Å². The van der Waals surface area contributed by atoms with Gasteiger partial charge in [-0.05, 0) is 30.3 Å². The molecule has 0 amide bonds. The van der Waals surface area contributed by atoms with Gasteiger partial charge in [0.2, 0.25) is 0 Å². The smallest absolute Gasteiger partial charge is 0.350 e. The van der Waals surface area contributed by atoms with Gasteiger partial charge in [-0.25, -0.2) is 4.79 Å². The highest BCUT2D eigenvalue weighted by Crippen LogP contribution is 2.37. The van der Waals surface area contributed by atoms with Crippen molar-refractivity contribution in [3.8, 4) is 6.07 Å². The number of hydrogen-bond acceptors (Lipinski definition) is 5. The summed E-state index contributed by atoms with van der Waals surface area (Å²) in [6, 6.07) is 17.0. The molecule has 0 aliphatic rings. The molecule has 0 spiro atoms. The topological polar surface area (TPSA) is 62.1 Å². The molecule has 1 aromatic heterocycles. The number of nitriles is 1. The summed E-state index contributed by atoms with van der Waals surface area (Å²) in [6.07, 6.45) is 0. The number of nitrogens with one attached hydrogen (secondary N) is 1. The lowest BCUT2D eigenvalue weighted by Crippen LogP contribution is -2.02. The minimum Gasteiger partial charge on any atom is -0.465 e. The molecule has 5 heteroatoms. The Kier molecular flexibility index (Phi) is 3.77. The van der Waals surface area contributed by atoms with Gasteiger partial charge in [-0.1, -0.05) is 18.2 Å². The average Bonchev–Trinajstić information content (AvgIpc) is 2.93. The fraction of sp³-hybridized carbons (Fsp3) is 0.0588. The van der Waals surface area contributed by atoms with Crippen LogP contribution in [-0.2, 0) is 4.74 Å². The van der Waals surface area contributed by atoms with E-state index in [2.05, 4.69) is 11.4 Å². The summed E-state index contributed by atoms with van der Waals surface area (Å²) in [7, 11) is 1.37. The Morgan fingerprint density at radius 1 is 1.18 bits per heavy atom. The molecule has 108 valence electrons. The number of rotatable bonds is 3. The number of methoxy groups -OCH3 is 1. The molecule has 22 heavy (non-hydrogen) atoms. The van der Waals surface area contributed by atoms with E-state index in [1.165, 1.54) is 18.4 Å². The predicted molar refractivity (Wildman–Crippen MR) is 87.6 cm³/mol. The number of fused-ring (bicyclic) bond motifs is 1. The molecular weight excluding hydrogens is 296 g/mol. The van der Waals surface area contributed by atoms with Gasteiger partial charge in [-0.2, -0.15) is 5.26 Å². The number of nitrogens with zero attached hydrogens (tertiary/aromatic N) is 1. The number of carbonyl (C=O) groups is 1. The lowest BCUT2D eigenvalue weighted by atomic mass is 10.2. The first-order chi connectivity index (χ1) is 10.7. The van der Waals surface area contributed by atoms with E-state index in [9.17, 15) is 4.79 Å². The Labute approximate surface area is 131 Å². The van der Waals surface area contributed by atoms with Crippen LogP contribution in [0.15, 0.2) is 48.5 Å². The monoisotopic (exact) mass is 308 g/mol. The van der Waals surface area contributed by atoms with E-state index in [-0.39, 0.29) is 5.97 Å². The van der Waals surface area contributed by atoms with Crippen molar-refractivity contribution in [1.82, 2.24) is 0 Å². The molecule has 0 saturated carbocycles. The fourth-order valence-electron chi connectivity index (χ4n) is 2.18. The van der Waals surface area contributed by atoms with Crippen LogP contribution < -0.4 is 5.32 Å². The molecule has 0 bridgehead atoms. The number of ether oxygens (including phenoxy) is 1. The highest BCUT2D eigenvalue weighted by molar-refractivity contribution is 7.21. The molecule has 0 saturated heterocycles. The Morgan fingerprint density at radius 2 is 1.91 bits per heavy atom. The summed E-state index contributed by atoms with van der Waals surface area (Å²) in [5, 5.41) is 13.1. The Bertz CT molecular complexity index is 876. The van der Waals surface area contributed by atoms with Crippen LogP contribution in [0.4, 0.5) is 11.4 Å². The highest BCUT2D eigenvalue weighted by atomic mass is 32.1.